The van der Waals surface area contributed by atoms with Crippen molar-refractivity contribution in [1.82, 2.24) is 0 Å². The second-order valence-corrected chi connectivity index (χ2v) is 9.03. The molecule has 1 N–H and O–H groups in total. The number of rotatable bonds is 16. The Morgan fingerprint density at radius 1 is 1.10 bits per heavy atom. The van der Waals surface area contributed by atoms with E-state index in [1.54, 1.807) is 13.0 Å². The fourth-order valence-corrected chi connectivity index (χ4v) is 3.63. The summed E-state index contributed by atoms with van der Waals surface area (Å²) in [5.74, 6) is -5.16. The number of carbonyl (C=O) groups excluding carboxylic acids is 2. The summed E-state index contributed by atoms with van der Waals surface area (Å²) >= 11 is 0. The van der Waals surface area contributed by atoms with Crippen LogP contribution < -0.4 is 0 Å². The number of terminal acetylenes is 1. The van der Waals surface area contributed by atoms with E-state index in [9.17, 15) is 32.3 Å². The summed E-state index contributed by atoms with van der Waals surface area (Å²) in [4.78, 5) is 26.9. The molecule has 1 aromatic carbocycles. The smallest absolute Gasteiger partial charge is 0.272 e. The topological polar surface area (TPSA) is 54.4 Å². The van der Waals surface area contributed by atoms with Crippen molar-refractivity contribution < 1.29 is 32.3 Å². The first-order chi connectivity index (χ1) is 19.3. The largest absolute Gasteiger partial charge is 0.395 e. The van der Waals surface area contributed by atoms with Gasteiger partial charge in [-0.3, -0.25) is 9.59 Å². The van der Waals surface area contributed by atoms with Gasteiger partial charge in [-0.2, -0.15) is 0 Å². The minimum absolute atomic E-state index is 0.0453. The van der Waals surface area contributed by atoms with Crippen molar-refractivity contribution in [3.05, 3.63) is 126 Å². The standard InChI is InChI=1S/C34H34F4O3/c1-8-24(21-39)17-23(7)33(41)29(32(40)18-22(6)27-14-16-30(35)31(36)20-27)19-26(10-3)25(9-2)13-15-28(11-4)34(37,38)12-5/h1,9-11,13-16,19-20,24,39H,2,4,6-7,12,17-18,21H2,3,5H3/b25-13+,26-10+,28-15+,29-19+/t24-/m1/s1. The molecule has 0 aliphatic rings. The van der Waals surface area contributed by atoms with Crippen LogP contribution >= 0.6 is 0 Å². The van der Waals surface area contributed by atoms with Crippen molar-refractivity contribution >= 4 is 17.1 Å². The van der Waals surface area contributed by atoms with Gasteiger partial charge >= 0.3 is 0 Å². The van der Waals surface area contributed by atoms with E-state index in [1.807, 2.05) is 0 Å². The van der Waals surface area contributed by atoms with Crippen molar-refractivity contribution in [2.75, 3.05) is 6.61 Å². The Kier molecular flexibility index (Phi) is 13.6. The van der Waals surface area contributed by atoms with Gasteiger partial charge in [0.2, 0.25) is 0 Å². The third-order valence-electron chi connectivity index (χ3n) is 6.21. The van der Waals surface area contributed by atoms with Gasteiger partial charge in [-0.1, -0.05) is 69.7 Å². The molecule has 1 aromatic rings. The fourth-order valence-electron chi connectivity index (χ4n) is 3.63. The van der Waals surface area contributed by atoms with Crippen LogP contribution in [0.2, 0.25) is 0 Å². The minimum atomic E-state index is -3.12. The highest BCUT2D eigenvalue weighted by Crippen LogP contribution is 2.29. The van der Waals surface area contributed by atoms with Gasteiger partial charge in [-0.05, 0) is 59.4 Å². The molecule has 0 spiro atoms. The summed E-state index contributed by atoms with van der Waals surface area (Å²) in [7, 11) is 0. The SMILES string of the molecule is C#C[C@@H](CO)CC(=C)C(=O)/C(=C/C(=C\C)C(/C=C)=C/C=C(\C=C)C(F)(F)CC)C(=O)CC(=C)c1ccc(F)c(F)c1. The highest BCUT2D eigenvalue weighted by atomic mass is 19.3. The highest BCUT2D eigenvalue weighted by Gasteiger charge is 2.29. The maximum absolute atomic E-state index is 14.2. The van der Waals surface area contributed by atoms with E-state index in [1.165, 1.54) is 37.3 Å². The Hall–Kier alpha value is -4.28. The lowest BCUT2D eigenvalue weighted by atomic mass is 9.88. The Morgan fingerprint density at radius 3 is 2.24 bits per heavy atom. The van der Waals surface area contributed by atoms with Gasteiger partial charge in [0.15, 0.2) is 23.2 Å². The van der Waals surface area contributed by atoms with Crippen LogP contribution in [0.15, 0.2) is 109 Å². The molecule has 0 unspecified atom stereocenters. The van der Waals surface area contributed by atoms with Gasteiger partial charge in [-0.15, -0.1) is 12.3 Å². The molecule has 0 saturated carbocycles. The van der Waals surface area contributed by atoms with E-state index in [0.29, 0.717) is 11.1 Å². The van der Waals surface area contributed by atoms with Crippen molar-refractivity contribution in [3.63, 3.8) is 0 Å². The van der Waals surface area contributed by atoms with Gasteiger partial charge in [-0.25, -0.2) is 17.6 Å². The number of carbonyl (C=O) groups is 2. The molecule has 41 heavy (non-hydrogen) atoms. The molecule has 3 nitrogen and oxygen atoms in total. The second kappa shape index (κ2) is 16.1. The Bertz CT molecular complexity index is 1380. The fraction of sp³-hybridized carbons (Fsp3) is 0.235. The molecule has 0 aliphatic heterocycles. The van der Waals surface area contributed by atoms with Crippen LogP contribution in [0.3, 0.4) is 0 Å². The van der Waals surface area contributed by atoms with E-state index in [-0.39, 0.29) is 34.3 Å². The predicted octanol–water partition coefficient (Wildman–Crippen LogP) is 7.84. The first-order valence-corrected chi connectivity index (χ1v) is 12.7. The van der Waals surface area contributed by atoms with E-state index < -0.39 is 54.5 Å². The van der Waals surface area contributed by atoms with Crippen molar-refractivity contribution in [2.45, 2.75) is 39.0 Å². The monoisotopic (exact) mass is 566 g/mol. The van der Waals surface area contributed by atoms with Crippen molar-refractivity contribution in [2.24, 2.45) is 5.92 Å². The first kappa shape index (κ1) is 34.7. The molecule has 0 heterocycles. The highest BCUT2D eigenvalue weighted by molar-refractivity contribution is 6.27. The van der Waals surface area contributed by atoms with Crippen LogP contribution in [0.4, 0.5) is 17.6 Å². The average Bonchev–Trinajstić information content (AvgIpc) is 2.95. The second-order valence-electron chi connectivity index (χ2n) is 9.03. The summed E-state index contributed by atoms with van der Waals surface area (Å²) < 4.78 is 55.6. The number of halogens is 4. The molecule has 0 bridgehead atoms. The zero-order valence-electron chi connectivity index (χ0n) is 23.3. The van der Waals surface area contributed by atoms with Gasteiger partial charge in [0, 0.05) is 24.3 Å². The molecule has 0 aliphatic carbocycles. The third-order valence-corrected chi connectivity index (χ3v) is 6.21. The molecule has 1 atom stereocenters. The minimum Gasteiger partial charge on any atom is -0.395 e. The number of aliphatic hydroxyl groups is 1. The summed E-state index contributed by atoms with van der Waals surface area (Å²) in [6, 6.07) is 3.03. The zero-order chi connectivity index (χ0) is 31.3. The third kappa shape index (κ3) is 9.70. The first-order valence-electron chi connectivity index (χ1n) is 12.7. The van der Waals surface area contributed by atoms with E-state index >= 15 is 0 Å². The summed E-state index contributed by atoms with van der Waals surface area (Å²) in [5.41, 5.74) is 0.198. The summed E-state index contributed by atoms with van der Waals surface area (Å²) in [6.45, 7) is 17.2. The molecule has 0 saturated heterocycles. The number of ketones is 2. The van der Waals surface area contributed by atoms with E-state index in [2.05, 4.69) is 32.2 Å². The zero-order valence-corrected chi connectivity index (χ0v) is 23.3. The maximum atomic E-state index is 14.2. The molecular weight excluding hydrogens is 532 g/mol. The molecule has 0 aromatic heterocycles. The molecule has 7 heteroatoms. The lowest BCUT2D eigenvalue weighted by molar-refractivity contribution is -0.119. The molecule has 0 fully saturated rings. The number of Topliss-reactive ketones (excluding diaryl/α,β-unsaturated/α-hetero) is 2. The number of hydrogen-bond donors (Lipinski definition) is 1. The van der Waals surface area contributed by atoms with Crippen molar-refractivity contribution in [1.29, 1.82) is 0 Å². The van der Waals surface area contributed by atoms with E-state index in [4.69, 9.17) is 6.42 Å². The van der Waals surface area contributed by atoms with Crippen molar-refractivity contribution in [3.8, 4) is 12.3 Å². The molecule has 216 valence electrons. The van der Waals surface area contributed by atoms with E-state index in [0.717, 1.165) is 18.2 Å². The average molecular weight is 567 g/mol. The Morgan fingerprint density at radius 2 is 1.76 bits per heavy atom. The summed E-state index contributed by atoms with van der Waals surface area (Å²) in [6.07, 6.45) is 12.2. The Balaban J connectivity index is 3.63. The van der Waals surface area contributed by atoms with Crippen LogP contribution in [0.25, 0.3) is 5.57 Å². The van der Waals surface area contributed by atoms with Crippen LogP contribution in [0.5, 0.6) is 0 Å². The number of allylic oxidation sites excluding steroid dienone is 12. The summed E-state index contributed by atoms with van der Waals surface area (Å²) in [5, 5.41) is 9.44. The molecular formula is C34H34F4O3. The number of alkyl halides is 2. The maximum Gasteiger partial charge on any atom is 0.272 e. The number of hydrogen-bond acceptors (Lipinski definition) is 3. The van der Waals surface area contributed by atoms with Gasteiger partial charge in [0.05, 0.1) is 12.2 Å². The predicted molar refractivity (Wildman–Crippen MR) is 157 cm³/mol. The van der Waals surface area contributed by atoms with Crippen LogP contribution in [0, 0.1) is 29.9 Å². The van der Waals surface area contributed by atoms with Crippen LogP contribution in [0.1, 0.15) is 38.7 Å². The normalized spacial score (nSPS) is 13.7. The van der Waals surface area contributed by atoms with Gasteiger partial charge < -0.3 is 5.11 Å². The lowest BCUT2D eigenvalue weighted by Gasteiger charge is -2.15. The number of aliphatic hydroxyl groups excluding tert-OH is 1. The lowest BCUT2D eigenvalue weighted by Crippen LogP contribution is -2.18. The van der Waals surface area contributed by atoms with Crippen LogP contribution in [-0.4, -0.2) is 29.2 Å². The van der Waals surface area contributed by atoms with Gasteiger partial charge in [0.25, 0.3) is 5.92 Å². The molecule has 0 radical (unpaired) electrons. The number of benzene rings is 1. The quantitative estimate of drug-likeness (QED) is 0.0554. The van der Waals surface area contributed by atoms with Crippen LogP contribution in [-0.2, 0) is 9.59 Å². The van der Waals surface area contributed by atoms with Gasteiger partial charge in [0.1, 0.15) is 0 Å². The molecule has 1 rings (SSSR count). The molecule has 0 amide bonds. The Labute approximate surface area is 239 Å².